The minimum atomic E-state index is -0.753. The molecular weight excluding hydrogens is 288 g/mol. The largest absolute Gasteiger partial charge is 0.480 e. The van der Waals surface area contributed by atoms with Crippen molar-refractivity contribution in [2.24, 2.45) is 5.92 Å². The Morgan fingerprint density at radius 1 is 1.67 bits per heavy atom. The first-order chi connectivity index (χ1) is 5.47. The van der Waals surface area contributed by atoms with Gasteiger partial charge in [0.05, 0.1) is 0 Å². The smallest absolute Gasteiger partial charge is 0.321 e. The van der Waals surface area contributed by atoms with Crippen LogP contribution in [-0.4, -0.2) is 20.2 Å². The second-order valence-electron chi connectivity index (χ2n) is 3.51. The van der Waals surface area contributed by atoms with Crippen LogP contribution in [0.1, 0.15) is 26.2 Å². The van der Waals surface area contributed by atoms with Gasteiger partial charge in [0.15, 0.2) is 0 Å². The van der Waals surface area contributed by atoms with Gasteiger partial charge in [0.2, 0.25) is 0 Å². The van der Waals surface area contributed by atoms with Crippen LogP contribution in [0.15, 0.2) is 0 Å². The molecule has 0 saturated heterocycles. The van der Waals surface area contributed by atoms with Crippen LogP contribution in [-0.2, 0) is 4.79 Å². The van der Waals surface area contributed by atoms with Crippen LogP contribution in [0, 0.1) is 5.92 Å². The first-order valence-electron chi connectivity index (χ1n) is 4.03. The summed E-state index contributed by atoms with van der Waals surface area (Å²) in [7, 11) is 0. The lowest BCUT2D eigenvalue weighted by Crippen LogP contribution is -2.44. The first-order valence-corrected chi connectivity index (χ1v) is 5.74. The van der Waals surface area contributed by atoms with Gasteiger partial charge in [0, 0.05) is 4.83 Å². The Hall–Kier alpha value is 0.430. The van der Waals surface area contributed by atoms with Crippen molar-refractivity contribution in [3.8, 4) is 0 Å². The maximum atomic E-state index is 10.9. The molecule has 1 saturated carbocycles. The zero-order chi connectivity index (χ0) is 9.35. The van der Waals surface area contributed by atoms with Crippen molar-refractivity contribution in [2.75, 3.05) is 0 Å². The Morgan fingerprint density at radius 3 is 2.67 bits per heavy atom. The Balaban J connectivity index is 2.72. The molecule has 0 aliphatic heterocycles. The van der Waals surface area contributed by atoms with Crippen LogP contribution >= 0.6 is 31.9 Å². The molecule has 0 aromatic heterocycles. The number of halogens is 2. The molecule has 3 unspecified atom stereocenters. The van der Waals surface area contributed by atoms with Crippen molar-refractivity contribution >= 4 is 37.8 Å². The van der Waals surface area contributed by atoms with E-state index in [4.69, 9.17) is 5.11 Å². The summed E-state index contributed by atoms with van der Waals surface area (Å²) < 4.78 is -0.737. The molecule has 1 N–H and O–H groups in total. The van der Waals surface area contributed by atoms with Crippen molar-refractivity contribution < 1.29 is 9.90 Å². The highest BCUT2D eigenvalue weighted by Crippen LogP contribution is 2.42. The zero-order valence-corrected chi connectivity index (χ0v) is 10.1. The van der Waals surface area contributed by atoms with E-state index in [1.165, 1.54) is 0 Å². The summed E-state index contributed by atoms with van der Waals surface area (Å²) >= 11 is 6.73. The molecule has 0 bridgehead atoms. The Kier molecular flexibility index (Phi) is 3.21. The minimum Gasteiger partial charge on any atom is -0.480 e. The molecule has 1 fully saturated rings. The quantitative estimate of drug-likeness (QED) is 0.756. The van der Waals surface area contributed by atoms with E-state index in [2.05, 4.69) is 38.8 Å². The lowest BCUT2D eigenvalue weighted by atomic mass is 9.83. The molecule has 3 atom stereocenters. The highest BCUT2D eigenvalue weighted by atomic mass is 79.9. The van der Waals surface area contributed by atoms with E-state index in [-0.39, 0.29) is 4.83 Å². The van der Waals surface area contributed by atoms with Crippen LogP contribution in [0.25, 0.3) is 0 Å². The van der Waals surface area contributed by atoms with E-state index < -0.39 is 10.3 Å². The minimum absolute atomic E-state index is 0.0475. The van der Waals surface area contributed by atoms with E-state index in [1.807, 2.05) is 0 Å². The molecule has 4 heteroatoms. The Morgan fingerprint density at radius 2 is 2.25 bits per heavy atom. The third-order valence-corrected chi connectivity index (χ3v) is 5.52. The van der Waals surface area contributed by atoms with Gasteiger partial charge in [0.25, 0.3) is 0 Å². The maximum absolute atomic E-state index is 10.9. The number of alkyl halides is 2. The van der Waals surface area contributed by atoms with E-state index >= 15 is 0 Å². The van der Waals surface area contributed by atoms with Gasteiger partial charge in [-0.15, -0.1) is 0 Å². The predicted octanol–water partition coefficient (Wildman–Crippen LogP) is 2.79. The molecule has 0 radical (unpaired) electrons. The lowest BCUT2D eigenvalue weighted by Gasteiger charge is -2.35. The predicted molar refractivity (Wildman–Crippen MR) is 55.0 cm³/mol. The van der Waals surface area contributed by atoms with Gasteiger partial charge in [-0.2, -0.15) is 0 Å². The van der Waals surface area contributed by atoms with Crippen LogP contribution < -0.4 is 0 Å². The fraction of sp³-hybridized carbons (Fsp3) is 0.875. The van der Waals surface area contributed by atoms with Crippen molar-refractivity contribution in [1.29, 1.82) is 0 Å². The maximum Gasteiger partial charge on any atom is 0.321 e. The molecule has 0 spiro atoms. The molecule has 1 aliphatic rings. The number of hydrogen-bond acceptors (Lipinski definition) is 1. The summed E-state index contributed by atoms with van der Waals surface area (Å²) in [6, 6.07) is 0. The summed E-state index contributed by atoms with van der Waals surface area (Å²) in [4.78, 5) is 11.0. The van der Waals surface area contributed by atoms with Gasteiger partial charge in [-0.1, -0.05) is 38.8 Å². The lowest BCUT2D eigenvalue weighted by molar-refractivity contribution is -0.140. The van der Waals surface area contributed by atoms with E-state index in [9.17, 15) is 4.79 Å². The Labute approximate surface area is 89.0 Å². The number of carbonyl (C=O) groups is 1. The fourth-order valence-electron chi connectivity index (χ4n) is 1.51. The standard InChI is InChI=1S/C8H12Br2O2/c1-5-2-3-8(10,7(11)12)6(9)4-5/h5-6H,2-4H2,1H3,(H,11,12). The topological polar surface area (TPSA) is 37.3 Å². The van der Waals surface area contributed by atoms with E-state index in [0.717, 1.165) is 12.8 Å². The van der Waals surface area contributed by atoms with Crippen LogP contribution in [0.5, 0.6) is 0 Å². The van der Waals surface area contributed by atoms with Crippen LogP contribution in [0.4, 0.5) is 0 Å². The summed E-state index contributed by atoms with van der Waals surface area (Å²) in [5.74, 6) is -0.129. The molecule has 2 nitrogen and oxygen atoms in total. The highest BCUT2D eigenvalue weighted by Gasteiger charge is 2.45. The third kappa shape index (κ3) is 1.84. The normalized spacial score (nSPS) is 42.6. The van der Waals surface area contributed by atoms with E-state index in [0.29, 0.717) is 12.3 Å². The van der Waals surface area contributed by atoms with Gasteiger partial charge in [-0.25, -0.2) is 0 Å². The van der Waals surface area contributed by atoms with Gasteiger partial charge in [0.1, 0.15) is 4.32 Å². The summed E-state index contributed by atoms with van der Waals surface area (Å²) in [6.07, 6.45) is 2.62. The third-order valence-electron chi connectivity index (χ3n) is 2.46. The van der Waals surface area contributed by atoms with Crippen molar-refractivity contribution in [3.63, 3.8) is 0 Å². The number of carboxylic acid groups (broad SMARTS) is 1. The average molecular weight is 300 g/mol. The second kappa shape index (κ2) is 3.66. The highest BCUT2D eigenvalue weighted by molar-refractivity contribution is 9.12. The van der Waals surface area contributed by atoms with Gasteiger partial charge in [-0.3, -0.25) is 4.79 Å². The van der Waals surface area contributed by atoms with Crippen molar-refractivity contribution in [2.45, 2.75) is 35.3 Å². The molecule has 70 valence electrons. The van der Waals surface area contributed by atoms with Gasteiger partial charge < -0.3 is 5.11 Å². The van der Waals surface area contributed by atoms with Gasteiger partial charge >= 0.3 is 5.97 Å². The summed E-state index contributed by atoms with van der Waals surface area (Å²) in [6.45, 7) is 2.16. The van der Waals surface area contributed by atoms with Crippen LogP contribution in [0.2, 0.25) is 0 Å². The second-order valence-corrected chi connectivity index (χ2v) is 6.04. The molecule has 0 heterocycles. The molecule has 0 amide bonds. The van der Waals surface area contributed by atoms with Crippen molar-refractivity contribution in [1.82, 2.24) is 0 Å². The zero-order valence-electron chi connectivity index (χ0n) is 6.89. The summed E-state index contributed by atoms with van der Waals surface area (Å²) in [5.41, 5.74) is 0. The molecule has 1 rings (SSSR count). The number of aliphatic carboxylic acids is 1. The first kappa shape index (κ1) is 10.5. The SMILES string of the molecule is CC1CCC(Br)(C(=O)O)C(Br)C1. The van der Waals surface area contributed by atoms with Crippen molar-refractivity contribution in [3.05, 3.63) is 0 Å². The van der Waals surface area contributed by atoms with E-state index in [1.54, 1.807) is 0 Å². The molecular formula is C8H12Br2O2. The van der Waals surface area contributed by atoms with Gasteiger partial charge in [-0.05, 0) is 25.2 Å². The Bertz CT molecular complexity index is 195. The monoisotopic (exact) mass is 298 g/mol. The number of hydrogen-bond donors (Lipinski definition) is 1. The average Bonchev–Trinajstić information content (AvgIpc) is 1.97. The molecule has 1 aliphatic carbocycles. The molecule has 0 aromatic carbocycles. The number of rotatable bonds is 1. The van der Waals surface area contributed by atoms with Crippen LogP contribution in [0.3, 0.4) is 0 Å². The number of carboxylic acids is 1. The molecule has 0 aromatic rings. The molecule has 12 heavy (non-hydrogen) atoms. The fourth-order valence-corrected chi connectivity index (χ4v) is 2.99. The summed E-state index contributed by atoms with van der Waals surface area (Å²) in [5, 5.41) is 8.98.